The number of thiophene rings is 1. The number of rotatable bonds is 3. The molecule has 21 heavy (non-hydrogen) atoms. The van der Waals surface area contributed by atoms with E-state index < -0.39 is 0 Å². The Balaban J connectivity index is 1.90. The molecule has 0 bridgehead atoms. The molecule has 0 radical (unpaired) electrons. The van der Waals surface area contributed by atoms with Crippen LogP contribution in [0.1, 0.15) is 63.3 Å². The number of nitrogens with one attached hydrogen (secondary N) is 1. The lowest BCUT2D eigenvalue weighted by atomic mass is 9.71. The Morgan fingerprint density at radius 1 is 1.33 bits per heavy atom. The quantitative estimate of drug-likeness (QED) is 0.896. The minimum atomic E-state index is -0.0508. The Hall–Kier alpha value is -0.380. The highest BCUT2D eigenvalue weighted by Crippen LogP contribution is 2.48. The van der Waals surface area contributed by atoms with Gasteiger partial charge >= 0.3 is 0 Å². The molecule has 1 aliphatic heterocycles. The van der Waals surface area contributed by atoms with Crippen LogP contribution in [0.3, 0.4) is 0 Å². The molecule has 1 fully saturated rings. The predicted octanol–water partition coefficient (Wildman–Crippen LogP) is 4.35. The van der Waals surface area contributed by atoms with Crippen molar-refractivity contribution in [2.24, 2.45) is 5.92 Å². The summed E-state index contributed by atoms with van der Waals surface area (Å²) in [6, 6.07) is 2.87. The number of hydrogen-bond donors (Lipinski definition) is 1. The summed E-state index contributed by atoms with van der Waals surface area (Å²) < 4.78 is 6.35. The van der Waals surface area contributed by atoms with E-state index in [2.05, 4.69) is 51.5 Å². The lowest BCUT2D eigenvalue weighted by Crippen LogP contribution is -2.46. The zero-order valence-corrected chi connectivity index (χ0v) is 14.8. The SMILES string of the molecule is CNC(C1CCCc2sccc21)C1CC(C)(C)OC1(C)C. The first-order valence-corrected chi connectivity index (χ1v) is 9.16. The molecule has 2 heterocycles. The van der Waals surface area contributed by atoms with Crippen LogP contribution in [0.5, 0.6) is 0 Å². The summed E-state index contributed by atoms with van der Waals surface area (Å²) in [4.78, 5) is 1.61. The van der Waals surface area contributed by atoms with Crippen molar-refractivity contribution < 1.29 is 4.74 Å². The average Bonchev–Trinajstić information content (AvgIpc) is 2.93. The molecule has 1 saturated heterocycles. The third-order valence-corrected chi connectivity index (χ3v) is 6.44. The fourth-order valence-electron chi connectivity index (χ4n) is 4.74. The van der Waals surface area contributed by atoms with Gasteiger partial charge in [-0.05, 0) is 77.4 Å². The normalized spacial score (nSPS) is 31.9. The molecule has 0 aromatic carbocycles. The molecule has 1 aromatic heterocycles. The molecule has 3 rings (SSSR count). The van der Waals surface area contributed by atoms with Crippen molar-refractivity contribution in [3.05, 3.63) is 21.9 Å². The lowest BCUT2D eigenvalue weighted by molar-refractivity contribution is -0.0784. The first kappa shape index (κ1) is 15.5. The fourth-order valence-corrected chi connectivity index (χ4v) is 5.74. The van der Waals surface area contributed by atoms with E-state index in [1.165, 1.54) is 19.3 Å². The Labute approximate surface area is 133 Å². The van der Waals surface area contributed by atoms with Crippen molar-refractivity contribution in [1.29, 1.82) is 0 Å². The van der Waals surface area contributed by atoms with Crippen molar-refractivity contribution in [3.8, 4) is 0 Å². The topological polar surface area (TPSA) is 21.3 Å². The van der Waals surface area contributed by atoms with Crippen molar-refractivity contribution in [2.45, 2.75) is 76.5 Å². The van der Waals surface area contributed by atoms with Gasteiger partial charge in [0, 0.05) is 22.8 Å². The number of likely N-dealkylation sites (N-methyl/N-ethyl adjacent to an activating group) is 1. The van der Waals surface area contributed by atoms with E-state index in [4.69, 9.17) is 4.74 Å². The second kappa shape index (κ2) is 5.36. The van der Waals surface area contributed by atoms with Crippen LogP contribution < -0.4 is 5.32 Å². The van der Waals surface area contributed by atoms with Gasteiger partial charge < -0.3 is 10.1 Å². The summed E-state index contributed by atoms with van der Waals surface area (Å²) in [6.07, 6.45) is 5.05. The minimum Gasteiger partial charge on any atom is -0.369 e. The standard InChI is InChI=1S/C18H29NOS/c1-17(2)11-14(18(3,4)20-17)16(19-5)13-7-6-8-15-12(13)9-10-21-15/h9-10,13-14,16,19H,6-8,11H2,1-5H3. The van der Waals surface area contributed by atoms with E-state index >= 15 is 0 Å². The van der Waals surface area contributed by atoms with Gasteiger partial charge in [-0.2, -0.15) is 0 Å². The molecular formula is C18H29NOS. The molecule has 3 heteroatoms. The Morgan fingerprint density at radius 2 is 2.10 bits per heavy atom. The third-order valence-electron chi connectivity index (χ3n) is 5.44. The highest BCUT2D eigenvalue weighted by Gasteiger charge is 2.50. The molecule has 0 saturated carbocycles. The molecule has 118 valence electrons. The Kier molecular flexibility index (Phi) is 3.96. The van der Waals surface area contributed by atoms with Gasteiger partial charge in [-0.15, -0.1) is 11.3 Å². The van der Waals surface area contributed by atoms with Crippen LogP contribution in [-0.4, -0.2) is 24.3 Å². The molecule has 3 unspecified atom stereocenters. The molecule has 2 nitrogen and oxygen atoms in total. The first-order valence-electron chi connectivity index (χ1n) is 8.28. The van der Waals surface area contributed by atoms with Crippen LogP contribution in [0.25, 0.3) is 0 Å². The maximum absolute atomic E-state index is 6.35. The fraction of sp³-hybridized carbons (Fsp3) is 0.778. The van der Waals surface area contributed by atoms with Gasteiger partial charge in [-0.3, -0.25) is 0 Å². The van der Waals surface area contributed by atoms with Crippen LogP contribution in [0.4, 0.5) is 0 Å². The molecule has 1 aromatic rings. The zero-order chi connectivity index (χ0) is 15.3. The maximum atomic E-state index is 6.35. The third kappa shape index (κ3) is 2.80. The summed E-state index contributed by atoms with van der Waals surface area (Å²) in [5, 5.41) is 5.94. The lowest BCUT2D eigenvalue weighted by Gasteiger charge is -2.39. The number of hydrogen-bond acceptors (Lipinski definition) is 3. The van der Waals surface area contributed by atoms with E-state index in [9.17, 15) is 0 Å². The molecular weight excluding hydrogens is 278 g/mol. The number of aryl methyl sites for hydroxylation is 1. The molecule has 1 N–H and O–H groups in total. The Morgan fingerprint density at radius 3 is 2.71 bits per heavy atom. The smallest absolute Gasteiger partial charge is 0.0677 e. The van der Waals surface area contributed by atoms with E-state index in [-0.39, 0.29) is 11.2 Å². The summed E-state index contributed by atoms with van der Waals surface area (Å²) >= 11 is 1.94. The van der Waals surface area contributed by atoms with Crippen LogP contribution in [0.15, 0.2) is 11.4 Å². The van der Waals surface area contributed by atoms with Crippen LogP contribution in [0, 0.1) is 5.92 Å². The summed E-state index contributed by atoms with van der Waals surface area (Å²) in [7, 11) is 2.13. The van der Waals surface area contributed by atoms with Gasteiger partial charge in [-0.1, -0.05) is 0 Å². The van der Waals surface area contributed by atoms with E-state index in [1.54, 1.807) is 10.4 Å². The first-order chi connectivity index (χ1) is 9.84. The molecule has 0 amide bonds. The predicted molar refractivity (Wildman–Crippen MR) is 90.2 cm³/mol. The Bertz CT molecular complexity index is 505. The number of fused-ring (bicyclic) bond motifs is 1. The van der Waals surface area contributed by atoms with Crippen LogP contribution >= 0.6 is 11.3 Å². The summed E-state index contributed by atoms with van der Waals surface area (Å²) in [5.74, 6) is 1.21. The van der Waals surface area contributed by atoms with E-state index in [1.807, 2.05) is 11.3 Å². The van der Waals surface area contributed by atoms with Gasteiger partial charge in [0.25, 0.3) is 0 Å². The number of ether oxygens (including phenoxy) is 1. The van der Waals surface area contributed by atoms with Gasteiger partial charge in [-0.25, -0.2) is 0 Å². The minimum absolute atomic E-state index is 0.00455. The zero-order valence-electron chi connectivity index (χ0n) is 14.0. The van der Waals surface area contributed by atoms with Gasteiger partial charge in [0.2, 0.25) is 0 Å². The molecule has 0 spiro atoms. The average molecular weight is 308 g/mol. The second-order valence-corrected chi connectivity index (χ2v) is 8.89. The van der Waals surface area contributed by atoms with E-state index in [0.29, 0.717) is 17.9 Å². The van der Waals surface area contributed by atoms with Crippen molar-refractivity contribution in [2.75, 3.05) is 7.05 Å². The van der Waals surface area contributed by atoms with Crippen LogP contribution in [0.2, 0.25) is 0 Å². The van der Waals surface area contributed by atoms with Crippen molar-refractivity contribution >= 4 is 11.3 Å². The van der Waals surface area contributed by atoms with Gasteiger partial charge in [0.1, 0.15) is 0 Å². The van der Waals surface area contributed by atoms with Crippen molar-refractivity contribution in [1.82, 2.24) is 5.32 Å². The maximum Gasteiger partial charge on any atom is 0.0677 e. The van der Waals surface area contributed by atoms with Gasteiger partial charge in [0.05, 0.1) is 11.2 Å². The van der Waals surface area contributed by atoms with Crippen molar-refractivity contribution in [3.63, 3.8) is 0 Å². The summed E-state index contributed by atoms with van der Waals surface area (Å²) in [5.41, 5.74) is 1.55. The molecule has 3 atom stereocenters. The molecule has 1 aliphatic carbocycles. The largest absolute Gasteiger partial charge is 0.369 e. The highest BCUT2D eigenvalue weighted by molar-refractivity contribution is 7.10. The monoisotopic (exact) mass is 307 g/mol. The molecule has 2 aliphatic rings. The van der Waals surface area contributed by atoms with Gasteiger partial charge in [0.15, 0.2) is 0 Å². The summed E-state index contributed by atoms with van der Waals surface area (Å²) in [6.45, 7) is 9.01. The highest BCUT2D eigenvalue weighted by atomic mass is 32.1. The van der Waals surface area contributed by atoms with Crippen LogP contribution in [-0.2, 0) is 11.2 Å². The second-order valence-electron chi connectivity index (χ2n) is 7.89. The van der Waals surface area contributed by atoms with E-state index in [0.717, 1.165) is 6.42 Å².